The van der Waals surface area contributed by atoms with Crippen LogP contribution in [-0.4, -0.2) is 11.7 Å². The van der Waals surface area contributed by atoms with Gasteiger partial charge in [0.25, 0.3) is 0 Å². The largest absolute Gasteiger partial charge is 0.396 e. The van der Waals surface area contributed by atoms with Crippen LogP contribution in [0.3, 0.4) is 0 Å². The molecule has 0 aliphatic heterocycles. The summed E-state index contributed by atoms with van der Waals surface area (Å²) in [5.74, 6) is 0.579. The quantitative estimate of drug-likeness (QED) is 0.599. The van der Waals surface area contributed by atoms with Crippen molar-refractivity contribution < 1.29 is 5.11 Å². The second-order valence-electron chi connectivity index (χ2n) is 5.47. The highest BCUT2D eigenvalue weighted by molar-refractivity contribution is 5.08. The third-order valence-electron chi connectivity index (χ3n) is 3.28. The molecule has 1 heteroatoms. The molecule has 0 radical (unpaired) electrons. The van der Waals surface area contributed by atoms with Crippen LogP contribution in [0.25, 0.3) is 0 Å². The number of rotatable bonds is 8. The molecule has 0 heterocycles. The fraction of sp³-hybridized carbons (Fsp3) is 0.647. The van der Waals surface area contributed by atoms with Crippen LogP contribution >= 0.6 is 0 Å². The first-order valence-electron chi connectivity index (χ1n) is 7.03. The average molecular weight is 250 g/mol. The van der Waals surface area contributed by atoms with Crippen LogP contribution in [0, 0.1) is 5.92 Å². The molecule has 1 nitrogen and oxygen atoms in total. The number of hydrogen-bond donors (Lipinski definition) is 1. The van der Waals surface area contributed by atoms with E-state index in [-0.39, 0.29) is 6.61 Å². The molecule has 0 aliphatic carbocycles. The fourth-order valence-corrected chi connectivity index (χ4v) is 1.75. The average Bonchev–Trinajstić information content (AvgIpc) is 2.32. The highest BCUT2D eigenvalue weighted by Gasteiger charge is 2.02. The number of aliphatic hydroxyl groups is 1. The Morgan fingerprint density at radius 1 is 1.00 bits per heavy atom. The lowest BCUT2D eigenvalue weighted by molar-refractivity contribution is 0.302. The Hall–Kier alpha value is -0.820. The molecule has 18 heavy (non-hydrogen) atoms. The van der Waals surface area contributed by atoms with Gasteiger partial charge >= 0.3 is 0 Å². The van der Waals surface area contributed by atoms with E-state index in [4.69, 9.17) is 5.11 Å². The van der Waals surface area contributed by atoms with Crippen LogP contribution < -0.4 is 0 Å². The van der Waals surface area contributed by atoms with Crippen molar-refractivity contribution >= 4 is 0 Å². The SMILES string of the molecule is CC(C)=CCC/C(C)=C/CC(C)/C(C)=C/CCO. The Balaban J connectivity index is 4.08. The van der Waals surface area contributed by atoms with Crippen LogP contribution in [0.2, 0.25) is 0 Å². The van der Waals surface area contributed by atoms with Crippen LogP contribution in [-0.2, 0) is 0 Å². The van der Waals surface area contributed by atoms with E-state index < -0.39 is 0 Å². The summed E-state index contributed by atoms with van der Waals surface area (Å²) in [4.78, 5) is 0. The van der Waals surface area contributed by atoms with Crippen molar-refractivity contribution in [1.29, 1.82) is 0 Å². The molecule has 0 saturated carbocycles. The maximum Gasteiger partial charge on any atom is 0.0465 e. The van der Waals surface area contributed by atoms with Crippen molar-refractivity contribution in [3.8, 4) is 0 Å². The van der Waals surface area contributed by atoms with E-state index in [0.717, 1.165) is 25.7 Å². The van der Waals surface area contributed by atoms with Crippen molar-refractivity contribution in [3.63, 3.8) is 0 Å². The Labute approximate surface area is 113 Å². The molecule has 1 atom stereocenters. The summed E-state index contributed by atoms with van der Waals surface area (Å²) >= 11 is 0. The van der Waals surface area contributed by atoms with Gasteiger partial charge in [0.05, 0.1) is 0 Å². The van der Waals surface area contributed by atoms with Crippen LogP contribution in [0.15, 0.2) is 34.9 Å². The van der Waals surface area contributed by atoms with Crippen molar-refractivity contribution in [1.82, 2.24) is 0 Å². The summed E-state index contributed by atoms with van der Waals surface area (Å²) in [7, 11) is 0. The first-order chi connectivity index (χ1) is 8.47. The molecule has 0 aromatic heterocycles. The van der Waals surface area contributed by atoms with Gasteiger partial charge in [0.2, 0.25) is 0 Å². The summed E-state index contributed by atoms with van der Waals surface area (Å²) in [6, 6.07) is 0. The van der Waals surface area contributed by atoms with Gasteiger partial charge in [-0.05, 0) is 59.3 Å². The van der Waals surface area contributed by atoms with Crippen LogP contribution in [0.4, 0.5) is 0 Å². The summed E-state index contributed by atoms with van der Waals surface area (Å²) < 4.78 is 0. The molecule has 0 amide bonds. The Bertz CT molecular complexity index is 304. The van der Waals surface area contributed by atoms with Gasteiger partial charge in [0.1, 0.15) is 0 Å². The number of hydrogen-bond acceptors (Lipinski definition) is 1. The second-order valence-corrected chi connectivity index (χ2v) is 5.47. The highest BCUT2D eigenvalue weighted by atomic mass is 16.2. The molecular weight excluding hydrogens is 220 g/mol. The van der Waals surface area contributed by atoms with E-state index in [1.165, 1.54) is 16.7 Å². The molecule has 104 valence electrons. The minimum atomic E-state index is 0.252. The van der Waals surface area contributed by atoms with Gasteiger partial charge in [-0.3, -0.25) is 0 Å². The van der Waals surface area contributed by atoms with Gasteiger partial charge < -0.3 is 5.11 Å². The molecule has 0 bridgehead atoms. The highest BCUT2D eigenvalue weighted by Crippen LogP contribution is 2.17. The monoisotopic (exact) mass is 250 g/mol. The third kappa shape index (κ3) is 9.23. The van der Waals surface area contributed by atoms with E-state index >= 15 is 0 Å². The van der Waals surface area contributed by atoms with E-state index in [1.807, 2.05) is 0 Å². The van der Waals surface area contributed by atoms with Crippen molar-refractivity contribution in [3.05, 3.63) is 34.9 Å². The lowest BCUT2D eigenvalue weighted by Gasteiger charge is -2.10. The lowest BCUT2D eigenvalue weighted by atomic mass is 9.96. The van der Waals surface area contributed by atoms with E-state index in [0.29, 0.717) is 5.92 Å². The standard InChI is InChI=1S/C17H30O/c1-14(2)8-6-9-15(3)11-12-17(5)16(4)10-7-13-18/h8,10-11,17-18H,6-7,9,12-13H2,1-5H3/b15-11+,16-10+. The smallest absolute Gasteiger partial charge is 0.0465 e. The minimum Gasteiger partial charge on any atom is -0.396 e. The molecule has 1 N–H and O–H groups in total. The summed E-state index contributed by atoms with van der Waals surface area (Å²) in [5.41, 5.74) is 4.27. The topological polar surface area (TPSA) is 20.2 Å². The molecule has 0 aliphatic rings. The summed E-state index contributed by atoms with van der Waals surface area (Å²) in [6.45, 7) is 11.2. The zero-order valence-electron chi connectivity index (χ0n) is 12.8. The second kappa shape index (κ2) is 10.1. The number of aliphatic hydroxyl groups excluding tert-OH is 1. The zero-order chi connectivity index (χ0) is 14.0. The molecule has 0 rings (SSSR count). The van der Waals surface area contributed by atoms with Gasteiger partial charge in [-0.2, -0.15) is 0 Å². The van der Waals surface area contributed by atoms with Crippen LogP contribution in [0.5, 0.6) is 0 Å². The Morgan fingerprint density at radius 3 is 2.22 bits per heavy atom. The first kappa shape index (κ1) is 17.2. The predicted molar refractivity (Wildman–Crippen MR) is 81.7 cm³/mol. The molecule has 0 aromatic carbocycles. The molecular formula is C17H30O. The van der Waals surface area contributed by atoms with Gasteiger partial charge in [0, 0.05) is 6.61 Å². The van der Waals surface area contributed by atoms with Gasteiger partial charge in [-0.1, -0.05) is 41.9 Å². The molecule has 0 fully saturated rings. The molecule has 1 unspecified atom stereocenters. The molecule has 0 spiro atoms. The van der Waals surface area contributed by atoms with Gasteiger partial charge in [-0.25, -0.2) is 0 Å². The van der Waals surface area contributed by atoms with E-state index in [2.05, 4.69) is 52.8 Å². The van der Waals surface area contributed by atoms with Gasteiger partial charge in [-0.15, -0.1) is 0 Å². The molecule has 0 saturated heterocycles. The first-order valence-corrected chi connectivity index (χ1v) is 7.03. The fourth-order valence-electron chi connectivity index (χ4n) is 1.75. The lowest BCUT2D eigenvalue weighted by Crippen LogP contribution is -1.96. The summed E-state index contributed by atoms with van der Waals surface area (Å²) in [6.07, 6.45) is 11.0. The Kier molecular flexibility index (Phi) is 9.67. The minimum absolute atomic E-state index is 0.252. The van der Waals surface area contributed by atoms with Crippen molar-refractivity contribution in [2.45, 2.75) is 60.3 Å². The van der Waals surface area contributed by atoms with Crippen molar-refractivity contribution in [2.24, 2.45) is 5.92 Å². The third-order valence-corrected chi connectivity index (χ3v) is 3.28. The van der Waals surface area contributed by atoms with Gasteiger partial charge in [0.15, 0.2) is 0 Å². The normalized spacial score (nSPS) is 14.6. The van der Waals surface area contributed by atoms with Crippen molar-refractivity contribution in [2.75, 3.05) is 6.61 Å². The maximum atomic E-state index is 8.79. The predicted octanol–water partition coefficient (Wildman–Crippen LogP) is 5.03. The van der Waals surface area contributed by atoms with E-state index in [9.17, 15) is 0 Å². The van der Waals surface area contributed by atoms with E-state index in [1.54, 1.807) is 0 Å². The summed E-state index contributed by atoms with van der Waals surface area (Å²) in [5, 5.41) is 8.79. The number of allylic oxidation sites excluding steroid dienone is 5. The molecule has 0 aromatic rings. The Morgan fingerprint density at radius 2 is 1.67 bits per heavy atom. The maximum absolute atomic E-state index is 8.79. The zero-order valence-corrected chi connectivity index (χ0v) is 12.8. The van der Waals surface area contributed by atoms with Crippen LogP contribution in [0.1, 0.15) is 60.3 Å².